The molecule has 0 heterocycles. The number of phosphoric acid groups is 1. The van der Waals surface area contributed by atoms with Crippen LogP contribution in [0.1, 0.15) is 219 Å². The molecule has 0 aliphatic rings. The molecule has 8 nitrogen and oxygen atoms in total. The summed E-state index contributed by atoms with van der Waals surface area (Å²) in [6, 6.07) is -0.766. The van der Waals surface area contributed by atoms with Crippen molar-refractivity contribution in [3.8, 4) is 0 Å². The zero-order valence-corrected chi connectivity index (χ0v) is 33.3. The molecule has 0 aromatic carbocycles. The molecule has 0 aromatic rings. The number of rotatable bonds is 40. The van der Waals surface area contributed by atoms with Gasteiger partial charge in [-0.05, 0) is 12.8 Å². The van der Waals surface area contributed by atoms with Gasteiger partial charge < -0.3 is 21.1 Å². The average Bonchev–Trinajstić information content (AvgIpc) is 3.09. The van der Waals surface area contributed by atoms with E-state index < -0.39 is 20.0 Å². The molecule has 0 rings (SSSR count). The van der Waals surface area contributed by atoms with Crippen LogP contribution in [0.25, 0.3) is 0 Å². The van der Waals surface area contributed by atoms with Crippen molar-refractivity contribution in [2.24, 2.45) is 5.73 Å². The third-order valence-electron chi connectivity index (χ3n) is 9.71. The lowest BCUT2D eigenvalue weighted by Crippen LogP contribution is -2.46. The number of hydrogen-bond acceptors (Lipinski definition) is 6. The van der Waals surface area contributed by atoms with Crippen LogP contribution in [0.3, 0.4) is 0 Å². The molecule has 5 N–H and O–H groups in total. The summed E-state index contributed by atoms with van der Waals surface area (Å²) in [5, 5.41) is 13.8. The number of nitrogens with two attached hydrogens (primary N) is 1. The molecular formula is C40H83N2O6P. The van der Waals surface area contributed by atoms with Crippen LogP contribution in [0, 0.1) is 0 Å². The van der Waals surface area contributed by atoms with Gasteiger partial charge in [-0.1, -0.05) is 200 Å². The Labute approximate surface area is 303 Å². The highest BCUT2D eigenvalue weighted by Crippen LogP contribution is 2.43. The molecule has 0 bridgehead atoms. The number of amides is 1. The molecule has 294 valence electrons. The van der Waals surface area contributed by atoms with Crippen molar-refractivity contribution in [1.29, 1.82) is 0 Å². The summed E-state index contributed by atoms with van der Waals surface area (Å²) in [6.07, 6.45) is 38.4. The van der Waals surface area contributed by atoms with Gasteiger partial charge in [-0.25, -0.2) is 4.57 Å². The maximum absolute atomic E-state index is 12.7. The molecule has 0 aliphatic carbocycles. The molecule has 0 saturated carbocycles. The van der Waals surface area contributed by atoms with E-state index >= 15 is 0 Å². The molecule has 3 unspecified atom stereocenters. The van der Waals surface area contributed by atoms with Gasteiger partial charge >= 0.3 is 7.82 Å². The summed E-state index contributed by atoms with van der Waals surface area (Å²) < 4.78 is 22.1. The molecule has 0 spiro atoms. The van der Waals surface area contributed by atoms with E-state index in [0.717, 1.165) is 38.5 Å². The van der Waals surface area contributed by atoms with E-state index in [-0.39, 0.29) is 25.7 Å². The second-order valence-electron chi connectivity index (χ2n) is 14.6. The molecule has 0 aliphatic heterocycles. The predicted octanol–water partition coefficient (Wildman–Crippen LogP) is 11.4. The fourth-order valence-electron chi connectivity index (χ4n) is 6.49. The van der Waals surface area contributed by atoms with Gasteiger partial charge in [0.2, 0.25) is 5.91 Å². The van der Waals surface area contributed by atoms with E-state index in [9.17, 15) is 19.4 Å². The first-order valence-corrected chi connectivity index (χ1v) is 22.6. The number of aliphatic hydroxyl groups excluding tert-OH is 1. The summed E-state index contributed by atoms with van der Waals surface area (Å²) in [5.41, 5.74) is 5.37. The molecule has 3 atom stereocenters. The van der Waals surface area contributed by atoms with Gasteiger partial charge in [-0.2, -0.15) is 0 Å². The second kappa shape index (κ2) is 37.3. The smallest absolute Gasteiger partial charge is 0.391 e. The highest BCUT2D eigenvalue weighted by Gasteiger charge is 2.27. The maximum Gasteiger partial charge on any atom is 0.472 e. The second-order valence-corrected chi connectivity index (χ2v) is 16.0. The minimum Gasteiger partial charge on any atom is -0.391 e. The number of hydrogen-bond donors (Lipinski definition) is 4. The van der Waals surface area contributed by atoms with E-state index in [1.165, 1.54) is 154 Å². The van der Waals surface area contributed by atoms with Crippen molar-refractivity contribution < 1.29 is 28.4 Å². The van der Waals surface area contributed by atoms with E-state index in [4.69, 9.17) is 14.8 Å². The zero-order valence-electron chi connectivity index (χ0n) is 32.5. The number of carbonyl (C=O) groups excluding carboxylic acids is 1. The summed E-state index contributed by atoms with van der Waals surface area (Å²) in [5.74, 6) is -0.162. The Kier molecular flexibility index (Phi) is 36.9. The van der Waals surface area contributed by atoms with Crippen LogP contribution >= 0.6 is 7.82 Å². The Morgan fingerprint density at radius 3 is 1.31 bits per heavy atom. The van der Waals surface area contributed by atoms with Gasteiger partial charge in [0.25, 0.3) is 0 Å². The van der Waals surface area contributed by atoms with Crippen molar-refractivity contribution >= 4 is 13.7 Å². The van der Waals surface area contributed by atoms with Gasteiger partial charge in [0, 0.05) is 13.0 Å². The highest BCUT2D eigenvalue weighted by molar-refractivity contribution is 7.47. The fourth-order valence-corrected chi connectivity index (χ4v) is 7.25. The first kappa shape index (κ1) is 48.5. The Morgan fingerprint density at radius 1 is 0.592 bits per heavy atom. The van der Waals surface area contributed by atoms with Crippen LogP contribution < -0.4 is 11.1 Å². The first-order valence-electron chi connectivity index (χ1n) is 21.2. The largest absolute Gasteiger partial charge is 0.472 e. The first-order chi connectivity index (χ1) is 23.9. The Hall–Kier alpha value is -0.500. The van der Waals surface area contributed by atoms with Gasteiger partial charge in [0.1, 0.15) is 0 Å². The molecule has 49 heavy (non-hydrogen) atoms. The summed E-state index contributed by atoms with van der Waals surface area (Å²) in [7, 11) is -4.30. The zero-order chi connectivity index (χ0) is 36.1. The van der Waals surface area contributed by atoms with E-state index in [1.54, 1.807) is 0 Å². The molecule has 1 amide bonds. The van der Waals surface area contributed by atoms with Gasteiger partial charge in [-0.3, -0.25) is 13.8 Å². The van der Waals surface area contributed by atoms with Crippen molar-refractivity contribution in [2.75, 3.05) is 19.8 Å². The number of aliphatic hydroxyl groups is 1. The predicted molar refractivity (Wildman–Crippen MR) is 208 cm³/mol. The quantitative estimate of drug-likeness (QED) is 0.0366. The lowest BCUT2D eigenvalue weighted by molar-refractivity contribution is -0.123. The number of phosphoric ester groups is 1. The fraction of sp³-hybridized carbons (Fsp3) is 0.975. The standard InChI is InChI=1S/C40H83N2O6P/c1-3-5-7-9-11-13-14-15-16-17-18-19-20-21-22-23-24-26-27-29-31-33-39(43)38(37-48-49(45,46)47-36-35-41)42-40(44)34-32-30-28-25-12-10-8-6-4-2/h38-39,43H,3-37,41H2,1-2H3,(H,42,44)(H,45,46). The number of nitrogens with one attached hydrogen (secondary N) is 1. The molecule has 0 aromatic heterocycles. The number of carbonyl (C=O) groups is 1. The summed E-state index contributed by atoms with van der Waals surface area (Å²) >= 11 is 0. The third-order valence-corrected chi connectivity index (χ3v) is 10.7. The van der Waals surface area contributed by atoms with E-state index in [0.29, 0.717) is 12.8 Å². The molecule has 0 fully saturated rings. The van der Waals surface area contributed by atoms with Gasteiger partial charge in [0.15, 0.2) is 0 Å². The summed E-state index contributed by atoms with van der Waals surface area (Å²) in [4.78, 5) is 22.6. The van der Waals surface area contributed by atoms with E-state index in [1.807, 2.05) is 0 Å². The normalized spacial score (nSPS) is 14.1. The molecule has 9 heteroatoms. The Bertz CT molecular complexity index is 744. The molecule has 0 saturated heterocycles. The summed E-state index contributed by atoms with van der Waals surface area (Å²) in [6.45, 7) is 4.20. The van der Waals surface area contributed by atoms with Crippen LogP contribution in [0.4, 0.5) is 0 Å². The van der Waals surface area contributed by atoms with Crippen LogP contribution in [-0.2, 0) is 18.4 Å². The van der Waals surface area contributed by atoms with Crippen LogP contribution in [-0.4, -0.2) is 47.8 Å². The monoisotopic (exact) mass is 719 g/mol. The van der Waals surface area contributed by atoms with Crippen molar-refractivity contribution in [2.45, 2.75) is 231 Å². The highest BCUT2D eigenvalue weighted by atomic mass is 31.2. The topological polar surface area (TPSA) is 131 Å². The van der Waals surface area contributed by atoms with Gasteiger partial charge in [-0.15, -0.1) is 0 Å². The van der Waals surface area contributed by atoms with Gasteiger partial charge in [0.05, 0.1) is 25.4 Å². The molecular weight excluding hydrogens is 635 g/mol. The average molecular weight is 719 g/mol. The minimum absolute atomic E-state index is 0.0922. The van der Waals surface area contributed by atoms with Crippen LogP contribution in [0.15, 0.2) is 0 Å². The lowest BCUT2D eigenvalue weighted by atomic mass is 10.0. The van der Waals surface area contributed by atoms with Crippen molar-refractivity contribution in [3.05, 3.63) is 0 Å². The maximum atomic E-state index is 12.7. The number of unbranched alkanes of at least 4 members (excludes halogenated alkanes) is 28. The Balaban J connectivity index is 4.03. The van der Waals surface area contributed by atoms with E-state index in [2.05, 4.69) is 19.2 Å². The lowest BCUT2D eigenvalue weighted by Gasteiger charge is -2.25. The van der Waals surface area contributed by atoms with Crippen molar-refractivity contribution in [1.82, 2.24) is 5.32 Å². The minimum atomic E-state index is -4.30. The Morgan fingerprint density at radius 2 is 0.939 bits per heavy atom. The van der Waals surface area contributed by atoms with Crippen LogP contribution in [0.5, 0.6) is 0 Å². The molecule has 0 radical (unpaired) electrons. The third kappa shape index (κ3) is 35.7. The van der Waals surface area contributed by atoms with Crippen LogP contribution in [0.2, 0.25) is 0 Å². The van der Waals surface area contributed by atoms with Crippen molar-refractivity contribution in [3.63, 3.8) is 0 Å². The SMILES string of the molecule is CCCCCCCCCCCCCCCCCCCCCCCC(O)C(COP(=O)(O)OCCN)NC(=O)CCCCCCCCCCC.